The van der Waals surface area contributed by atoms with Gasteiger partial charge in [0.2, 0.25) is 11.8 Å². The van der Waals surface area contributed by atoms with Gasteiger partial charge in [-0.1, -0.05) is 18.2 Å². The molecule has 162 valence electrons. The van der Waals surface area contributed by atoms with Crippen LogP contribution in [0, 0.1) is 6.92 Å². The Labute approximate surface area is 186 Å². The molecule has 1 saturated heterocycles. The van der Waals surface area contributed by atoms with Gasteiger partial charge in [-0.25, -0.2) is 0 Å². The van der Waals surface area contributed by atoms with Gasteiger partial charge in [0, 0.05) is 42.9 Å². The third-order valence-electron chi connectivity index (χ3n) is 5.80. The highest BCUT2D eigenvalue weighted by molar-refractivity contribution is 5.94. The number of aromatic nitrogens is 2. The SMILES string of the molecule is Cc1ccccc1-c1nnc(-c2ccc(C(=O)N3CCN(Cc4ccco4)CC3)cc2)o1. The van der Waals surface area contributed by atoms with Gasteiger partial charge in [-0.15, -0.1) is 10.2 Å². The number of carbonyl (C=O) groups excluding carboxylic acids is 1. The first-order chi connectivity index (χ1) is 15.7. The summed E-state index contributed by atoms with van der Waals surface area (Å²) in [5.41, 5.74) is 3.45. The molecule has 1 fully saturated rings. The summed E-state index contributed by atoms with van der Waals surface area (Å²) in [4.78, 5) is 17.1. The lowest BCUT2D eigenvalue weighted by atomic mass is 10.1. The molecule has 1 aliphatic heterocycles. The van der Waals surface area contributed by atoms with E-state index in [1.807, 2.05) is 72.5 Å². The maximum absolute atomic E-state index is 12.9. The van der Waals surface area contributed by atoms with Crippen molar-refractivity contribution >= 4 is 5.91 Å². The predicted molar refractivity (Wildman–Crippen MR) is 120 cm³/mol. The maximum Gasteiger partial charge on any atom is 0.253 e. The van der Waals surface area contributed by atoms with E-state index in [0.29, 0.717) is 30.4 Å². The number of nitrogens with zero attached hydrogens (tertiary/aromatic N) is 4. The molecule has 0 saturated carbocycles. The first-order valence-corrected chi connectivity index (χ1v) is 10.7. The first-order valence-electron chi connectivity index (χ1n) is 10.7. The van der Waals surface area contributed by atoms with E-state index in [0.717, 1.165) is 42.1 Å². The minimum Gasteiger partial charge on any atom is -0.468 e. The molecule has 7 nitrogen and oxygen atoms in total. The summed E-state index contributed by atoms with van der Waals surface area (Å²) >= 11 is 0. The van der Waals surface area contributed by atoms with Crippen LogP contribution in [0.5, 0.6) is 0 Å². The van der Waals surface area contributed by atoms with E-state index >= 15 is 0 Å². The molecule has 0 aliphatic carbocycles. The molecule has 0 spiro atoms. The molecular weight excluding hydrogens is 404 g/mol. The second-order valence-corrected chi connectivity index (χ2v) is 7.95. The normalized spacial score (nSPS) is 14.6. The summed E-state index contributed by atoms with van der Waals surface area (Å²) in [6.45, 7) is 5.84. The van der Waals surface area contributed by atoms with Gasteiger partial charge >= 0.3 is 0 Å². The fourth-order valence-electron chi connectivity index (χ4n) is 3.93. The van der Waals surface area contributed by atoms with Crippen molar-refractivity contribution < 1.29 is 13.6 Å². The van der Waals surface area contributed by atoms with E-state index in [4.69, 9.17) is 8.83 Å². The van der Waals surface area contributed by atoms with Crippen LogP contribution in [-0.2, 0) is 6.54 Å². The van der Waals surface area contributed by atoms with Gasteiger partial charge in [0.1, 0.15) is 5.76 Å². The lowest BCUT2D eigenvalue weighted by Crippen LogP contribution is -2.48. The lowest BCUT2D eigenvalue weighted by molar-refractivity contribution is 0.0620. The van der Waals surface area contributed by atoms with Gasteiger partial charge in [0.05, 0.1) is 12.8 Å². The van der Waals surface area contributed by atoms with E-state index in [1.165, 1.54) is 0 Å². The summed E-state index contributed by atoms with van der Waals surface area (Å²) in [5.74, 6) is 1.92. The van der Waals surface area contributed by atoms with Gasteiger partial charge in [-0.05, 0) is 55.0 Å². The van der Waals surface area contributed by atoms with Crippen molar-refractivity contribution in [1.29, 1.82) is 0 Å². The average Bonchev–Trinajstić information content (AvgIpc) is 3.52. The van der Waals surface area contributed by atoms with Crippen molar-refractivity contribution in [1.82, 2.24) is 20.0 Å². The molecule has 0 atom stereocenters. The smallest absolute Gasteiger partial charge is 0.253 e. The molecule has 2 aromatic carbocycles. The van der Waals surface area contributed by atoms with Crippen LogP contribution in [0.3, 0.4) is 0 Å². The summed E-state index contributed by atoms with van der Waals surface area (Å²) in [5, 5.41) is 8.37. The third kappa shape index (κ3) is 4.20. The molecule has 2 aromatic heterocycles. The van der Waals surface area contributed by atoms with Crippen molar-refractivity contribution in [2.24, 2.45) is 0 Å². The first kappa shape index (κ1) is 20.2. The third-order valence-corrected chi connectivity index (χ3v) is 5.80. The number of aryl methyl sites for hydroxylation is 1. The van der Waals surface area contributed by atoms with Crippen LogP contribution >= 0.6 is 0 Å². The lowest BCUT2D eigenvalue weighted by Gasteiger charge is -2.34. The summed E-state index contributed by atoms with van der Waals surface area (Å²) in [6, 6.07) is 19.1. The molecule has 32 heavy (non-hydrogen) atoms. The quantitative estimate of drug-likeness (QED) is 0.473. The number of piperazine rings is 1. The highest BCUT2D eigenvalue weighted by Crippen LogP contribution is 2.26. The van der Waals surface area contributed by atoms with E-state index in [-0.39, 0.29) is 5.91 Å². The maximum atomic E-state index is 12.9. The van der Waals surface area contributed by atoms with E-state index in [1.54, 1.807) is 6.26 Å². The van der Waals surface area contributed by atoms with Crippen molar-refractivity contribution in [3.8, 4) is 22.9 Å². The van der Waals surface area contributed by atoms with Crippen LogP contribution in [0.15, 0.2) is 75.8 Å². The van der Waals surface area contributed by atoms with Crippen molar-refractivity contribution in [2.75, 3.05) is 26.2 Å². The number of amides is 1. The second kappa shape index (κ2) is 8.80. The minimum atomic E-state index is 0.0420. The number of hydrogen-bond donors (Lipinski definition) is 0. The topological polar surface area (TPSA) is 75.6 Å². The van der Waals surface area contributed by atoms with Gasteiger partial charge in [0.25, 0.3) is 5.91 Å². The Balaban J connectivity index is 1.22. The molecule has 0 bridgehead atoms. The van der Waals surface area contributed by atoms with Crippen LogP contribution in [-0.4, -0.2) is 52.1 Å². The molecular formula is C25H24N4O3. The molecule has 5 rings (SSSR count). The Morgan fingerprint density at radius 1 is 0.906 bits per heavy atom. The Bertz CT molecular complexity index is 1190. The highest BCUT2D eigenvalue weighted by atomic mass is 16.4. The molecule has 4 aromatic rings. The molecule has 0 unspecified atom stereocenters. The fourth-order valence-corrected chi connectivity index (χ4v) is 3.93. The summed E-state index contributed by atoms with van der Waals surface area (Å²) in [6.07, 6.45) is 1.69. The number of furan rings is 1. The van der Waals surface area contributed by atoms with Gasteiger partial charge in [-0.3, -0.25) is 9.69 Å². The minimum absolute atomic E-state index is 0.0420. The van der Waals surface area contributed by atoms with Crippen LogP contribution < -0.4 is 0 Å². The number of hydrogen-bond acceptors (Lipinski definition) is 6. The molecule has 1 aliphatic rings. The Morgan fingerprint density at radius 2 is 1.66 bits per heavy atom. The van der Waals surface area contributed by atoms with Gasteiger partial charge in [0.15, 0.2) is 0 Å². The summed E-state index contributed by atoms with van der Waals surface area (Å²) < 4.78 is 11.3. The zero-order chi connectivity index (χ0) is 21.9. The van der Waals surface area contributed by atoms with Crippen molar-refractivity contribution in [3.63, 3.8) is 0 Å². The fraction of sp³-hybridized carbons (Fsp3) is 0.240. The summed E-state index contributed by atoms with van der Waals surface area (Å²) in [7, 11) is 0. The molecule has 0 radical (unpaired) electrons. The van der Waals surface area contributed by atoms with Crippen LogP contribution in [0.2, 0.25) is 0 Å². The zero-order valence-corrected chi connectivity index (χ0v) is 17.9. The molecule has 1 amide bonds. The van der Waals surface area contributed by atoms with E-state index in [9.17, 15) is 4.79 Å². The van der Waals surface area contributed by atoms with E-state index in [2.05, 4.69) is 15.1 Å². The van der Waals surface area contributed by atoms with Crippen LogP contribution in [0.25, 0.3) is 22.9 Å². The van der Waals surface area contributed by atoms with Crippen molar-refractivity contribution in [2.45, 2.75) is 13.5 Å². The zero-order valence-electron chi connectivity index (χ0n) is 17.9. The van der Waals surface area contributed by atoms with Gasteiger partial charge in [-0.2, -0.15) is 0 Å². The number of rotatable bonds is 5. The highest BCUT2D eigenvalue weighted by Gasteiger charge is 2.23. The van der Waals surface area contributed by atoms with Crippen LogP contribution in [0.1, 0.15) is 21.7 Å². The largest absolute Gasteiger partial charge is 0.468 e. The number of carbonyl (C=O) groups is 1. The number of benzene rings is 2. The molecule has 3 heterocycles. The van der Waals surface area contributed by atoms with Gasteiger partial charge < -0.3 is 13.7 Å². The van der Waals surface area contributed by atoms with E-state index < -0.39 is 0 Å². The Hall–Kier alpha value is -3.71. The monoisotopic (exact) mass is 428 g/mol. The standard InChI is InChI=1S/C25H24N4O3/c1-18-5-2-3-7-22(18)24-27-26-23(32-24)19-8-10-20(11-9-19)25(30)29-14-12-28(13-15-29)17-21-6-4-16-31-21/h2-11,16H,12-15,17H2,1H3. The Kier molecular flexibility index (Phi) is 5.56. The van der Waals surface area contributed by atoms with Crippen LogP contribution in [0.4, 0.5) is 0 Å². The molecule has 0 N–H and O–H groups in total. The predicted octanol–water partition coefficient (Wildman–Crippen LogP) is 4.26. The van der Waals surface area contributed by atoms with Crippen molar-refractivity contribution in [3.05, 3.63) is 83.8 Å². The average molecular weight is 428 g/mol. The second-order valence-electron chi connectivity index (χ2n) is 7.95. The molecule has 7 heteroatoms. The Morgan fingerprint density at radius 3 is 2.38 bits per heavy atom.